The van der Waals surface area contributed by atoms with Gasteiger partial charge in [-0.2, -0.15) is 0 Å². The Bertz CT molecular complexity index is 714. The summed E-state index contributed by atoms with van der Waals surface area (Å²) in [6.07, 6.45) is 7.47. The van der Waals surface area contributed by atoms with Crippen LogP contribution < -0.4 is 27.7 Å². The number of hydrogen-bond acceptors (Lipinski definition) is 5. The summed E-state index contributed by atoms with van der Waals surface area (Å²) in [6, 6.07) is 7.00. The van der Waals surface area contributed by atoms with Gasteiger partial charge in [-0.25, -0.2) is 0 Å². The predicted octanol–water partition coefficient (Wildman–Crippen LogP) is 3.87. The van der Waals surface area contributed by atoms with E-state index >= 15 is 0 Å². The molecule has 8 N–H and O–H groups in total. The Morgan fingerprint density at radius 3 is 1.43 bits per heavy atom. The molecule has 0 aromatic heterocycles. The first-order chi connectivity index (χ1) is 11.0. The molecule has 120 valence electrons. The Hall–Kier alpha value is -3.08. The third-order valence-electron chi connectivity index (χ3n) is 3.45. The molecule has 2 rings (SSSR count). The van der Waals surface area contributed by atoms with E-state index in [1.54, 1.807) is 24.3 Å². The minimum atomic E-state index is 0.483. The first-order valence-electron chi connectivity index (χ1n) is 7.28. The molecule has 0 aliphatic carbocycles. The fraction of sp³-hybridized carbons (Fsp3) is 0.111. The summed E-state index contributed by atoms with van der Waals surface area (Å²) in [5.41, 5.74) is 27.3. The van der Waals surface area contributed by atoms with Crippen LogP contribution in [0.5, 0.6) is 11.5 Å². The van der Waals surface area contributed by atoms with E-state index in [1.807, 2.05) is 38.2 Å². The second-order valence-corrected chi connectivity index (χ2v) is 5.06. The standard InChI is InChI=1S/C18H22N4O/c1-3-5-11-15(9-7-13(19)17(11)21)23-16-10-8-14(20)18(22)12(16)6-4-2/h3-10H,19-22H2,1-2H3. The van der Waals surface area contributed by atoms with E-state index in [2.05, 4.69) is 0 Å². The average Bonchev–Trinajstić information content (AvgIpc) is 2.53. The van der Waals surface area contributed by atoms with Crippen LogP contribution in [0.4, 0.5) is 22.7 Å². The number of benzene rings is 2. The van der Waals surface area contributed by atoms with Gasteiger partial charge >= 0.3 is 0 Å². The number of ether oxygens (including phenoxy) is 1. The average molecular weight is 310 g/mol. The largest absolute Gasteiger partial charge is 0.456 e. The highest BCUT2D eigenvalue weighted by atomic mass is 16.5. The maximum absolute atomic E-state index is 6.06. The topological polar surface area (TPSA) is 113 Å². The smallest absolute Gasteiger partial charge is 0.136 e. The molecule has 0 bridgehead atoms. The van der Waals surface area contributed by atoms with Gasteiger partial charge in [0.1, 0.15) is 11.5 Å². The molecule has 0 atom stereocenters. The molecule has 0 heterocycles. The Balaban J connectivity index is 2.56. The molecule has 0 aliphatic rings. The molecule has 5 heteroatoms. The fourth-order valence-corrected chi connectivity index (χ4v) is 2.24. The van der Waals surface area contributed by atoms with Crippen molar-refractivity contribution >= 4 is 34.9 Å². The lowest BCUT2D eigenvalue weighted by Crippen LogP contribution is -2.02. The lowest BCUT2D eigenvalue weighted by molar-refractivity contribution is 0.481. The summed E-state index contributed by atoms with van der Waals surface area (Å²) in [5, 5.41) is 0. The lowest BCUT2D eigenvalue weighted by atomic mass is 10.1. The van der Waals surface area contributed by atoms with Crippen LogP contribution in [0.3, 0.4) is 0 Å². The highest BCUT2D eigenvalue weighted by Crippen LogP contribution is 2.38. The minimum absolute atomic E-state index is 0.483. The molecule has 0 amide bonds. The number of nitrogens with two attached hydrogens (primary N) is 4. The van der Waals surface area contributed by atoms with Crippen molar-refractivity contribution in [1.29, 1.82) is 0 Å². The van der Waals surface area contributed by atoms with Crippen LogP contribution in [0.2, 0.25) is 0 Å². The third kappa shape index (κ3) is 3.23. The zero-order valence-electron chi connectivity index (χ0n) is 13.3. The predicted molar refractivity (Wildman–Crippen MR) is 100 cm³/mol. The molecular formula is C18H22N4O. The number of allylic oxidation sites excluding steroid dienone is 2. The first-order valence-corrected chi connectivity index (χ1v) is 7.28. The van der Waals surface area contributed by atoms with Crippen molar-refractivity contribution in [3.63, 3.8) is 0 Å². The number of hydrogen-bond donors (Lipinski definition) is 4. The van der Waals surface area contributed by atoms with Gasteiger partial charge in [-0.05, 0) is 38.1 Å². The summed E-state index contributed by atoms with van der Waals surface area (Å²) >= 11 is 0. The maximum Gasteiger partial charge on any atom is 0.136 e. The van der Waals surface area contributed by atoms with Crippen molar-refractivity contribution in [3.05, 3.63) is 47.5 Å². The highest BCUT2D eigenvalue weighted by Gasteiger charge is 2.13. The van der Waals surface area contributed by atoms with E-state index in [0.29, 0.717) is 34.2 Å². The van der Waals surface area contributed by atoms with Crippen LogP contribution in [0.15, 0.2) is 36.4 Å². The van der Waals surface area contributed by atoms with Crippen molar-refractivity contribution in [1.82, 2.24) is 0 Å². The Morgan fingerprint density at radius 2 is 1.09 bits per heavy atom. The highest BCUT2D eigenvalue weighted by molar-refractivity contribution is 5.82. The summed E-state index contributed by atoms with van der Waals surface area (Å²) < 4.78 is 6.04. The summed E-state index contributed by atoms with van der Waals surface area (Å²) in [5.74, 6) is 1.20. The maximum atomic E-state index is 6.06. The molecule has 0 radical (unpaired) electrons. The Labute approximate surface area is 136 Å². The molecular weight excluding hydrogens is 288 g/mol. The van der Waals surface area contributed by atoms with Gasteiger partial charge < -0.3 is 27.7 Å². The Kier molecular flexibility index (Phi) is 4.81. The van der Waals surface area contributed by atoms with E-state index in [1.165, 1.54) is 0 Å². The van der Waals surface area contributed by atoms with Gasteiger partial charge in [0.15, 0.2) is 0 Å². The van der Waals surface area contributed by atoms with Gasteiger partial charge in [0.05, 0.1) is 22.7 Å². The van der Waals surface area contributed by atoms with E-state index in [-0.39, 0.29) is 0 Å². The quantitative estimate of drug-likeness (QED) is 0.640. The lowest BCUT2D eigenvalue weighted by Gasteiger charge is -2.16. The van der Waals surface area contributed by atoms with Crippen LogP contribution in [0.1, 0.15) is 25.0 Å². The van der Waals surface area contributed by atoms with Gasteiger partial charge in [0.25, 0.3) is 0 Å². The summed E-state index contributed by atoms with van der Waals surface area (Å²) in [6.45, 7) is 3.80. The van der Waals surface area contributed by atoms with Gasteiger partial charge in [0.2, 0.25) is 0 Å². The van der Waals surface area contributed by atoms with Gasteiger partial charge in [-0.1, -0.05) is 24.3 Å². The van der Waals surface area contributed by atoms with Gasteiger partial charge in [0, 0.05) is 11.1 Å². The summed E-state index contributed by atoms with van der Waals surface area (Å²) in [7, 11) is 0. The fourth-order valence-electron chi connectivity index (χ4n) is 2.24. The molecule has 2 aromatic rings. The second kappa shape index (κ2) is 6.79. The zero-order chi connectivity index (χ0) is 17.0. The normalized spacial score (nSPS) is 11.4. The number of rotatable bonds is 4. The zero-order valence-corrected chi connectivity index (χ0v) is 13.3. The van der Waals surface area contributed by atoms with Crippen LogP contribution >= 0.6 is 0 Å². The van der Waals surface area contributed by atoms with E-state index in [9.17, 15) is 0 Å². The molecule has 5 nitrogen and oxygen atoms in total. The van der Waals surface area contributed by atoms with E-state index in [0.717, 1.165) is 11.1 Å². The van der Waals surface area contributed by atoms with Crippen LogP contribution in [-0.4, -0.2) is 0 Å². The van der Waals surface area contributed by atoms with Crippen molar-refractivity contribution < 1.29 is 4.74 Å². The molecule has 2 aromatic carbocycles. The first kappa shape index (κ1) is 16.3. The van der Waals surface area contributed by atoms with Crippen molar-refractivity contribution in [2.75, 3.05) is 22.9 Å². The molecule has 0 saturated carbocycles. The number of anilines is 4. The molecule has 0 saturated heterocycles. The van der Waals surface area contributed by atoms with Crippen LogP contribution in [0.25, 0.3) is 12.2 Å². The molecule has 23 heavy (non-hydrogen) atoms. The van der Waals surface area contributed by atoms with Crippen molar-refractivity contribution in [2.24, 2.45) is 0 Å². The van der Waals surface area contributed by atoms with Crippen LogP contribution in [0, 0.1) is 0 Å². The van der Waals surface area contributed by atoms with Gasteiger partial charge in [-0.15, -0.1) is 0 Å². The summed E-state index contributed by atoms with van der Waals surface area (Å²) in [4.78, 5) is 0. The van der Waals surface area contributed by atoms with Crippen molar-refractivity contribution in [3.8, 4) is 11.5 Å². The molecule has 0 unspecified atom stereocenters. The Morgan fingerprint density at radius 1 is 0.696 bits per heavy atom. The monoisotopic (exact) mass is 310 g/mol. The minimum Gasteiger partial charge on any atom is -0.456 e. The van der Waals surface area contributed by atoms with E-state index < -0.39 is 0 Å². The van der Waals surface area contributed by atoms with Crippen molar-refractivity contribution in [2.45, 2.75) is 13.8 Å². The molecule has 0 fully saturated rings. The number of nitrogen functional groups attached to an aromatic ring is 4. The van der Waals surface area contributed by atoms with E-state index in [4.69, 9.17) is 27.7 Å². The molecule has 0 spiro atoms. The second-order valence-electron chi connectivity index (χ2n) is 5.06. The van der Waals surface area contributed by atoms with Gasteiger partial charge in [-0.3, -0.25) is 0 Å². The SMILES string of the molecule is CC=Cc1c(Oc2ccc(N)c(N)c2C=CC)ccc(N)c1N. The van der Waals surface area contributed by atoms with Crippen LogP contribution in [-0.2, 0) is 0 Å². The molecule has 0 aliphatic heterocycles. The third-order valence-corrected chi connectivity index (χ3v) is 3.45.